The molecule has 0 saturated heterocycles. The van der Waals surface area contributed by atoms with Crippen LogP contribution in [0.5, 0.6) is 11.5 Å². The van der Waals surface area contributed by atoms with E-state index in [1.54, 1.807) is 21.7 Å². The largest absolute Gasteiger partial charge is 0.454 e. The Morgan fingerprint density at radius 3 is 2.71 bits per heavy atom. The van der Waals surface area contributed by atoms with Gasteiger partial charge < -0.3 is 24.8 Å². The molecule has 0 bridgehead atoms. The quantitative estimate of drug-likeness (QED) is 0.604. The highest BCUT2D eigenvalue weighted by molar-refractivity contribution is 7.99. The molecule has 158 valence electrons. The van der Waals surface area contributed by atoms with Crippen LogP contribution in [0, 0.1) is 0 Å². The zero-order chi connectivity index (χ0) is 21.7. The highest BCUT2D eigenvalue weighted by atomic mass is 32.2. The van der Waals surface area contributed by atoms with Crippen molar-refractivity contribution < 1.29 is 19.1 Å². The van der Waals surface area contributed by atoms with Crippen LogP contribution in [-0.4, -0.2) is 34.6 Å². The predicted octanol–water partition coefficient (Wildman–Crippen LogP) is 2.92. The molecule has 0 unspecified atom stereocenters. The zero-order valence-electron chi connectivity index (χ0n) is 16.8. The average Bonchev–Trinajstić information content (AvgIpc) is 3.37. The number of benzene rings is 2. The molecule has 3 aromatic rings. The topological polar surface area (TPSA) is 112 Å². The molecule has 2 aliphatic rings. The second-order valence-corrected chi connectivity index (χ2v) is 7.75. The van der Waals surface area contributed by atoms with Crippen LogP contribution in [0.4, 0.5) is 11.4 Å². The van der Waals surface area contributed by atoms with Gasteiger partial charge in [0.15, 0.2) is 17.2 Å². The second kappa shape index (κ2) is 7.24. The maximum absolute atomic E-state index is 12.4. The molecule has 2 aliphatic heterocycles. The standard InChI is InChI=1S/C21H19N5O4S/c1-11(27)25-9-15-19(21(22)28)23-26(13-4-6-17-18(8-13)30-10-29-17)20(15)14-7-12(24-31-2)3-5-16(14)25/h3-8,24H,9-10H2,1-2H3,(H2,22,28). The number of ether oxygens (including phenoxy) is 2. The normalized spacial score (nSPS) is 13.5. The van der Waals surface area contributed by atoms with Crippen LogP contribution in [0.25, 0.3) is 16.9 Å². The van der Waals surface area contributed by atoms with Crippen LogP contribution in [0.15, 0.2) is 36.4 Å². The first-order valence-electron chi connectivity index (χ1n) is 9.51. The highest BCUT2D eigenvalue weighted by Gasteiger charge is 2.33. The van der Waals surface area contributed by atoms with Gasteiger partial charge in [-0.3, -0.25) is 9.59 Å². The zero-order valence-corrected chi connectivity index (χ0v) is 17.7. The van der Waals surface area contributed by atoms with Gasteiger partial charge in [0, 0.05) is 36.1 Å². The van der Waals surface area contributed by atoms with E-state index in [9.17, 15) is 9.59 Å². The van der Waals surface area contributed by atoms with Gasteiger partial charge in [-0.2, -0.15) is 5.10 Å². The molecule has 2 amide bonds. The minimum absolute atomic E-state index is 0.132. The summed E-state index contributed by atoms with van der Waals surface area (Å²) in [5.74, 6) is 0.459. The molecule has 0 radical (unpaired) electrons. The van der Waals surface area contributed by atoms with Gasteiger partial charge in [0.25, 0.3) is 5.91 Å². The fraction of sp³-hybridized carbons (Fsp3) is 0.190. The third kappa shape index (κ3) is 3.07. The number of nitrogens with two attached hydrogens (primary N) is 1. The first-order chi connectivity index (χ1) is 15.0. The summed E-state index contributed by atoms with van der Waals surface area (Å²) >= 11 is 1.46. The highest BCUT2D eigenvalue weighted by Crippen LogP contribution is 2.44. The second-order valence-electron chi connectivity index (χ2n) is 7.13. The number of fused-ring (bicyclic) bond motifs is 4. The van der Waals surface area contributed by atoms with Gasteiger partial charge in [0.2, 0.25) is 12.7 Å². The number of carbonyl (C=O) groups excluding carboxylic acids is 2. The van der Waals surface area contributed by atoms with Crippen LogP contribution in [0.2, 0.25) is 0 Å². The van der Waals surface area contributed by atoms with Crippen LogP contribution in [-0.2, 0) is 11.3 Å². The molecule has 1 aromatic heterocycles. The van der Waals surface area contributed by atoms with Crippen LogP contribution in [0.1, 0.15) is 23.0 Å². The molecule has 0 saturated carbocycles. The monoisotopic (exact) mass is 437 g/mol. The number of rotatable bonds is 4. The van der Waals surface area contributed by atoms with Gasteiger partial charge in [0.1, 0.15) is 0 Å². The van der Waals surface area contributed by atoms with Crippen molar-refractivity contribution in [2.24, 2.45) is 5.73 Å². The lowest BCUT2D eigenvalue weighted by molar-refractivity contribution is -0.116. The average molecular weight is 437 g/mol. The Hall–Kier alpha value is -3.66. The maximum atomic E-state index is 12.4. The number of amides is 2. The summed E-state index contributed by atoms with van der Waals surface area (Å²) in [7, 11) is 0. The first-order valence-corrected chi connectivity index (χ1v) is 10.7. The van der Waals surface area contributed by atoms with E-state index >= 15 is 0 Å². The van der Waals surface area contributed by atoms with E-state index in [0.717, 1.165) is 16.9 Å². The molecule has 9 nitrogen and oxygen atoms in total. The maximum Gasteiger partial charge on any atom is 0.269 e. The van der Waals surface area contributed by atoms with Crippen molar-refractivity contribution in [2.45, 2.75) is 13.5 Å². The van der Waals surface area contributed by atoms with Crippen molar-refractivity contribution in [3.05, 3.63) is 47.7 Å². The van der Waals surface area contributed by atoms with Crippen molar-refractivity contribution in [3.8, 4) is 28.4 Å². The molecular weight excluding hydrogens is 418 g/mol. The van der Waals surface area contributed by atoms with E-state index in [1.807, 2.05) is 30.5 Å². The minimum Gasteiger partial charge on any atom is -0.454 e. The van der Waals surface area contributed by atoms with Gasteiger partial charge in [-0.05, 0) is 30.3 Å². The lowest BCUT2D eigenvalue weighted by Crippen LogP contribution is -2.32. The molecule has 3 N–H and O–H groups in total. The summed E-state index contributed by atoms with van der Waals surface area (Å²) in [6.07, 6.45) is 1.93. The van der Waals surface area contributed by atoms with E-state index in [4.69, 9.17) is 15.2 Å². The fourth-order valence-corrected chi connectivity index (χ4v) is 4.31. The molecule has 0 aliphatic carbocycles. The lowest BCUT2D eigenvalue weighted by Gasteiger charge is -2.30. The Kier molecular flexibility index (Phi) is 4.51. The number of hydrogen-bond acceptors (Lipinski definition) is 7. The summed E-state index contributed by atoms with van der Waals surface area (Å²) in [6, 6.07) is 11.2. The molecule has 2 aromatic carbocycles. The Morgan fingerprint density at radius 2 is 1.97 bits per heavy atom. The van der Waals surface area contributed by atoms with E-state index in [-0.39, 0.29) is 24.9 Å². The number of anilines is 2. The van der Waals surface area contributed by atoms with Gasteiger partial charge in [-0.1, -0.05) is 11.9 Å². The molecule has 3 heterocycles. The smallest absolute Gasteiger partial charge is 0.269 e. The molecule has 5 rings (SSSR count). The van der Waals surface area contributed by atoms with Crippen molar-refractivity contribution in [2.75, 3.05) is 22.7 Å². The van der Waals surface area contributed by atoms with Gasteiger partial charge in [-0.25, -0.2) is 4.68 Å². The van der Waals surface area contributed by atoms with Gasteiger partial charge in [0.05, 0.1) is 23.6 Å². The van der Waals surface area contributed by atoms with E-state index in [1.165, 1.54) is 18.9 Å². The van der Waals surface area contributed by atoms with Crippen molar-refractivity contribution in [3.63, 3.8) is 0 Å². The van der Waals surface area contributed by atoms with Crippen molar-refractivity contribution in [1.82, 2.24) is 9.78 Å². The first kappa shape index (κ1) is 19.3. The van der Waals surface area contributed by atoms with E-state index in [2.05, 4.69) is 9.82 Å². The summed E-state index contributed by atoms with van der Waals surface area (Å²) in [4.78, 5) is 26.3. The van der Waals surface area contributed by atoms with E-state index < -0.39 is 5.91 Å². The lowest BCUT2D eigenvalue weighted by atomic mass is 9.97. The van der Waals surface area contributed by atoms with Gasteiger partial charge >= 0.3 is 0 Å². The third-order valence-electron chi connectivity index (χ3n) is 5.28. The summed E-state index contributed by atoms with van der Waals surface area (Å²) in [6.45, 7) is 1.85. The number of nitrogens with one attached hydrogen (secondary N) is 1. The Labute approximate surface area is 182 Å². The molecule has 0 fully saturated rings. The summed E-state index contributed by atoms with van der Waals surface area (Å²) in [5.41, 5.74) is 10.2. The minimum atomic E-state index is -0.652. The van der Waals surface area contributed by atoms with Crippen LogP contribution < -0.4 is 24.8 Å². The molecule has 31 heavy (non-hydrogen) atoms. The summed E-state index contributed by atoms with van der Waals surface area (Å²) in [5, 5.41) is 4.54. The number of hydrogen-bond donors (Lipinski definition) is 2. The number of primary amides is 1. The molecule has 10 heteroatoms. The summed E-state index contributed by atoms with van der Waals surface area (Å²) < 4.78 is 15.8. The fourth-order valence-electron chi connectivity index (χ4n) is 3.95. The van der Waals surface area contributed by atoms with Crippen molar-refractivity contribution >= 4 is 35.1 Å². The molecular formula is C21H19N5O4S. The van der Waals surface area contributed by atoms with Crippen LogP contribution in [0.3, 0.4) is 0 Å². The van der Waals surface area contributed by atoms with Crippen molar-refractivity contribution in [1.29, 1.82) is 0 Å². The number of carbonyl (C=O) groups is 2. The SMILES string of the molecule is CSNc1ccc2c(c1)-c1c(c(C(N)=O)nn1-c1ccc3c(c1)OCO3)CN2C(C)=O. The Balaban J connectivity index is 1.78. The van der Waals surface area contributed by atoms with Gasteiger partial charge in [-0.15, -0.1) is 0 Å². The third-order valence-corrected chi connectivity index (χ3v) is 5.72. The molecule has 0 atom stereocenters. The Morgan fingerprint density at radius 1 is 1.16 bits per heavy atom. The van der Waals surface area contributed by atoms with Crippen LogP contribution >= 0.6 is 11.9 Å². The number of aromatic nitrogens is 2. The Bertz CT molecular complexity index is 1240. The number of nitrogens with zero attached hydrogens (tertiary/aromatic N) is 3. The predicted molar refractivity (Wildman–Crippen MR) is 118 cm³/mol. The van der Waals surface area contributed by atoms with E-state index in [0.29, 0.717) is 28.4 Å². The molecule has 0 spiro atoms.